The van der Waals surface area contributed by atoms with Gasteiger partial charge in [-0.3, -0.25) is 4.79 Å². The Kier molecular flexibility index (Phi) is 5.98. The van der Waals surface area contributed by atoms with Gasteiger partial charge in [-0.2, -0.15) is 0 Å². The Morgan fingerprint density at radius 3 is 2.42 bits per heavy atom. The second-order valence-electron chi connectivity index (χ2n) is 3.94. The van der Waals surface area contributed by atoms with Crippen LogP contribution in [0.15, 0.2) is 30.3 Å². The minimum atomic E-state index is -0.874. The molecule has 0 fully saturated rings. The van der Waals surface area contributed by atoms with Crippen molar-refractivity contribution in [3.8, 4) is 0 Å². The first-order chi connectivity index (χ1) is 9.10. The van der Waals surface area contributed by atoms with Gasteiger partial charge >= 0.3 is 5.97 Å². The van der Waals surface area contributed by atoms with Crippen LogP contribution in [0.1, 0.15) is 11.6 Å². The summed E-state index contributed by atoms with van der Waals surface area (Å²) < 4.78 is 9.48. The van der Waals surface area contributed by atoms with E-state index in [0.29, 0.717) is 5.56 Å². The number of methoxy groups -OCH3 is 2. The Morgan fingerprint density at radius 2 is 1.89 bits per heavy atom. The third-order valence-electron chi connectivity index (χ3n) is 2.54. The highest BCUT2D eigenvalue weighted by molar-refractivity contribution is 5.88. The van der Waals surface area contributed by atoms with Crippen molar-refractivity contribution in [2.45, 2.75) is 12.1 Å². The first-order valence-corrected chi connectivity index (χ1v) is 5.77. The average molecular weight is 266 g/mol. The number of rotatable bonds is 6. The van der Waals surface area contributed by atoms with Crippen LogP contribution in [-0.2, 0) is 19.1 Å². The molecule has 0 bridgehead atoms. The molecule has 6 nitrogen and oxygen atoms in total. The summed E-state index contributed by atoms with van der Waals surface area (Å²) in [7, 11) is 2.71. The fraction of sp³-hybridized carbons (Fsp3) is 0.385. The van der Waals surface area contributed by atoms with Crippen molar-refractivity contribution in [1.29, 1.82) is 0 Å². The minimum absolute atomic E-state index is 0.0779. The summed E-state index contributed by atoms with van der Waals surface area (Å²) >= 11 is 0. The number of ether oxygens (including phenoxy) is 2. The maximum Gasteiger partial charge on any atom is 0.333 e. The molecule has 1 amide bonds. The summed E-state index contributed by atoms with van der Waals surface area (Å²) in [6.45, 7) is 0.0779. The third-order valence-corrected chi connectivity index (χ3v) is 2.54. The van der Waals surface area contributed by atoms with Crippen molar-refractivity contribution in [2.75, 3.05) is 20.8 Å². The van der Waals surface area contributed by atoms with Gasteiger partial charge in [-0.1, -0.05) is 30.3 Å². The summed E-state index contributed by atoms with van der Waals surface area (Å²) in [4.78, 5) is 23.5. The second-order valence-corrected chi connectivity index (χ2v) is 3.94. The fourth-order valence-corrected chi connectivity index (χ4v) is 1.55. The predicted octanol–water partition coefficient (Wildman–Crippen LogP) is -0.00940. The van der Waals surface area contributed by atoms with Crippen molar-refractivity contribution in [2.24, 2.45) is 5.73 Å². The molecule has 0 radical (unpaired) electrons. The molecular weight excluding hydrogens is 248 g/mol. The van der Waals surface area contributed by atoms with E-state index in [1.165, 1.54) is 14.2 Å². The van der Waals surface area contributed by atoms with Gasteiger partial charge in [0, 0.05) is 7.11 Å². The molecule has 0 heterocycles. The molecule has 0 aliphatic rings. The topological polar surface area (TPSA) is 90.6 Å². The van der Waals surface area contributed by atoms with Crippen molar-refractivity contribution < 1.29 is 19.1 Å². The Morgan fingerprint density at radius 1 is 1.26 bits per heavy atom. The summed E-state index contributed by atoms with van der Waals surface area (Å²) in [5, 5.41) is 2.55. The number of amides is 1. The second kappa shape index (κ2) is 7.50. The number of hydrogen-bond acceptors (Lipinski definition) is 5. The van der Waals surface area contributed by atoms with Crippen LogP contribution in [0.25, 0.3) is 0 Å². The van der Waals surface area contributed by atoms with Gasteiger partial charge in [0.2, 0.25) is 5.91 Å². The molecule has 19 heavy (non-hydrogen) atoms. The van der Waals surface area contributed by atoms with Crippen LogP contribution < -0.4 is 11.1 Å². The molecule has 1 aromatic carbocycles. The first-order valence-electron chi connectivity index (χ1n) is 5.77. The van der Waals surface area contributed by atoms with Gasteiger partial charge in [-0.05, 0) is 5.56 Å². The summed E-state index contributed by atoms with van der Waals surface area (Å²) in [6, 6.07) is 7.10. The lowest BCUT2D eigenvalue weighted by Gasteiger charge is -2.19. The largest absolute Gasteiger partial charge is 0.467 e. The molecule has 2 unspecified atom stereocenters. The molecule has 6 heteroatoms. The number of carbonyl (C=O) groups is 2. The lowest BCUT2D eigenvalue weighted by molar-refractivity contribution is -0.145. The van der Waals surface area contributed by atoms with Crippen LogP contribution in [0, 0.1) is 0 Å². The summed E-state index contributed by atoms with van der Waals surface area (Å²) in [5.74, 6) is -1.02. The number of esters is 1. The molecule has 3 N–H and O–H groups in total. The highest BCUT2D eigenvalue weighted by atomic mass is 16.5. The average Bonchev–Trinajstić information content (AvgIpc) is 2.44. The predicted molar refractivity (Wildman–Crippen MR) is 69.2 cm³/mol. The zero-order chi connectivity index (χ0) is 14.3. The zero-order valence-electron chi connectivity index (χ0n) is 11.0. The van der Waals surface area contributed by atoms with E-state index in [2.05, 4.69) is 10.1 Å². The van der Waals surface area contributed by atoms with E-state index in [1.807, 2.05) is 6.07 Å². The van der Waals surface area contributed by atoms with Gasteiger partial charge in [-0.25, -0.2) is 4.79 Å². The molecule has 0 aromatic heterocycles. The number of nitrogens with one attached hydrogen (secondary N) is 1. The van der Waals surface area contributed by atoms with Gasteiger partial charge in [0.25, 0.3) is 0 Å². The highest BCUT2D eigenvalue weighted by Gasteiger charge is 2.25. The Balaban J connectivity index is 2.82. The first kappa shape index (κ1) is 15.1. The number of benzene rings is 1. The lowest BCUT2D eigenvalue weighted by Crippen LogP contribution is -2.46. The number of hydrogen-bond donors (Lipinski definition) is 2. The van der Waals surface area contributed by atoms with Crippen molar-refractivity contribution in [1.82, 2.24) is 5.32 Å². The van der Waals surface area contributed by atoms with Crippen LogP contribution in [0.2, 0.25) is 0 Å². The molecule has 0 aliphatic heterocycles. The van der Waals surface area contributed by atoms with E-state index in [-0.39, 0.29) is 6.61 Å². The van der Waals surface area contributed by atoms with Gasteiger partial charge in [0.15, 0.2) is 6.04 Å². The number of carbonyl (C=O) groups excluding carboxylic acids is 2. The van der Waals surface area contributed by atoms with E-state index >= 15 is 0 Å². The molecule has 0 saturated carbocycles. The van der Waals surface area contributed by atoms with Gasteiger partial charge < -0.3 is 20.5 Å². The Labute approximate surface area is 111 Å². The van der Waals surface area contributed by atoms with E-state index in [1.54, 1.807) is 24.3 Å². The van der Waals surface area contributed by atoms with Crippen molar-refractivity contribution >= 4 is 11.9 Å². The Hall–Kier alpha value is -1.92. The van der Waals surface area contributed by atoms with Crippen molar-refractivity contribution in [3.63, 3.8) is 0 Å². The van der Waals surface area contributed by atoms with Crippen LogP contribution >= 0.6 is 0 Å². The van der Waals surface area contributed by atoms with Gasteiger partial charge in [-0.15, -0.1) is 0 Å². The van der Waals surface area contributed by atoms with E-state index in [4.69, 9.17) is 10.5 Å². The Bertz CT molecular complexity index is 422. The molecular formula is C13H18N2O4. The quantitative estimate of drug-likeness (QED) is 0.707. The molecule has 0 spiro atoms. The standard InChI is InChI=1S/C13H18N2O4/c1-18-8-10(14)12(16)15-11(13(17)19-2)9-6-4-3-5-7-9/h3-7,10-11H,8,14H2,1-2H3,(H,15,16). The molecule has 2 atom stereocenters. The van der Waals surface area contributed by atoms with Gasteiger partial charge in [0.1, 0.15) is 6.04 Å². The maximum atomic E-state index is 11.8. The van der Waals surface area contributed by atoms with E-state index in [0.717, 1.165) is 0 Å². The lowest BCUT2D eigenvalue weighted by atomic mass is 10.1. The molecule has 1 aromatic rings. The summed E-state index contributed by atoms with van der Waals surface area (Å²) in [5.41, 5.74) is 6.24. The van der Waals surface area contributed by atoms with Crippen LogP contribution in [0.4, 0.5) is 0 Å². The zero-order valence-corrected chi connectivity index (χ0v) is 11.0. The van der Waals surface area contributed by atoms with Crippen LogP contribution in [-0.4, -0.2) is 38.7 Å². The van der Waals surface area contributed by atoms with Crippen LogP contribution in [0.5, 0.6) is 0 Å². The third kappa shape index (κ3) is 4.35. The molecule has 104 valence electrons. The SMILES string of the molecule is COCC(N)C(=O)NC(C(=O)OC)c1ccccc1. The molecule has 0 saturated heterocycles. The normalized spacial score (nSPS) is 13.4. The van der Waals surface area contributed by atoms with Crippen LogP contribution in [0.3, 0.4) is 0 Å². The fourth-order valence-electron chi connectivity index (χ4n) is 1.55. The van der Waals surface area contributed by atoms with E-state index in [9.17, 15) is 9.59 Å². The summed E-state index contributed by atoms with van der Waals surface area (Å²) in [6.07, 6.45) is 0. The smallest absolute Gasteiger partial charge is 0.333 e. The van der Waals surface area contributed by atoms with E-state index < -0.39 is 24.0 Å². The van der Waals surface area contributed by atoms with Crippen molar-refractivity contribution in [3.05, 3.63) is 35.9 Å². The monoisotopic (exact) mass is 266 g/mol. The minimum Gasteiger partial charge on any atom is -0.467 e. The number of nitrogens with two attached hydrogens (primary N) is 1. The molecule has 0 aliphatic carbocycles. The maximum absolute atomic E-state index is 11.8. The van der Waals surface area contributed by atoms with Gasteiger partial charge in [0.05, 0.1) is 13.7 Å². The highest BCUT2D eigenvalue weighted by Crippen LogP contribution is 2.14. The molecule has 1 rings (SSSR count).